The third kappa shape index (κ3) is 3.67. The Balaban J connectivity index is 1.41. The van der Waals surface area contributed by atoms with Gasteiger partial charge in [-0.05, 0) is 44.4 Å². The van der Waals surface area contributed by atoms with Crippen molar-refractivity contribution in [1.82, 2.24) is 20.1 Å². The van der Waals surface area contributed by atoms with Crippen molar-refractivity contribution in [3.63, 3.8) is 0 Å². The number of furan rings is 1. The van der Waals surface area contributed by atoms with Crippen LogP contribution in [0.25, 0.3) is 11.0 Å². The zero-order valence-corrected chi connectivity index (χ0v) is 18.3. The molecule has 1 fully saturated rings. The van der Waals surface area contributed by atoms with Gasteiger partial charge >= 0.3 is 0 Å². The monoisotopic (exact) mass is 433 g/mol. The van der Waals surface area contributed by atoms with Crippen molar-refractivity contribution in [2.45, 2.75) is 39.2 Å². The summed E-state index contributed by atoms with van der Waals surface area (Å²) in [6.07, 6.45) is 2.67. The summed E-state index contributed by atoms with van der Waals surface area (Å²) >= 11 is 1.52. The summed E-state index contributed by atoms with van der Waals surface area (Å²) in [7, 11) is 0. The number of fused-ring (bicyclic) bond motifs is 1. The molecule has 1 N–H and O–H groups in total. The van der Waals surface area contributed by atoms with Gasteiger partial charge in [0.2, 0.25) is 5.13 Å². The highest BCUT2D eigenvalue weighted by Gasteiger charge is 2.34. The number of hydrogen-bond acceptors (Lipinski definition) is 7. The number of nitrogens with one attached hydrogen (secondary N) is 1. The van der Waals surface area contributed by atoms with Crippen LogP contribution in [0.1, 0.15) is 52.6 Å². The number of carbonyl (C=O) groups is 1. The van der Waals surface area contributed by atoms with Gasteiger partial charge in [0, 0.05) is 17.5 Å². The van der Waals surface area contributed by atoms with Crippen LogP contribution in [0.5, 0.6) is 0 Å². The molecule has 0 spiro atoms. The zero-order chi connectivity index (χ0) is 21.4. The molecule has 0 bridgehead atoms. The molecule has 1 aliphatic rings. The lowest BCUT2D eigenvalue weighted by Gasteiger charge is -2.24. The smallest absolute Gasteiger partial charge is 0.290 e. The highest BCUT2D eigenvalue weighted by Crippen LogP contribution is 2.35. The van der Waals surface area contributed by atoms with Gasteiger partial charge in [0.1, 0.15) is 16.4 Å². The highest BCUT2D eigenvalue weighted by molar-refractivity contribution is 7.15. The van der Waals surface area contributed by atoms with E-state index in [1.807, 2.05) is 54.3 Å². The van der Waals surface area contributed by atoms with Gasteiger partial charge in [-0.2, -0.15) is 0 Å². The molecular formula is C23H23N5O2S. The van der Waals surface area contributed by atoms with E-state index in [-0.39, 0.29) is 11.9 Å². The number of rotatable bonds is 5. The van der Waals surface area contributed by atoms with Crippen molar-refractivity contribution in [3.05, 3.63) is 64.5 Å². The van der Waals surface area contributed by atoms with Crippen LogP contribution in [0, 0.1) is 6.92 Å². The third-order valence-electron chi connectivity index (χ3n) is 5.67. The molecule has 4 aromatic rings. The summed E-state index contributed by atoms with van der Waals surface area (Å²) in [5.74, 6) is 1.05. The standard InChI is InChI=1S/C23H23N5O2S/c1-3-20-26-27-23(31-20)25-19-12-6-9-16(24-19)17-10-7-13-28(17)22(29)21-14(2)15-8-4-5-11-18(15)30-21/h4-6,8-9,11-12,17H,3,7,10,13H2,1-2H3,(H,24,25,27). The topological polar surface area (TPSA) is 84.2 Å². The third-order valence-corrected chi connectivity index (χ3v) is 6.65. The number of anilines is 2. The van der Waals surface area contributed by atoms with E-state index in [1.54, 1.807) is 0 Å². The first-order chi connectivity index (χ1) is 15.1. The molecule has 4 heterocycles. The predicted molar refractivity (Wildman–Crippen MR) is 121 cm³/mol. The van der Waals surface area contributed by atoms with Gasteiger partial charge in [-0.3, -0.25) is 4.79 Å². The maximum Gasteiger partial charge on any atom is 0.290 e. The van der Waals surface area contributed by atoms with E-state index in [0.29, 0.717) is 18.1 Å². The molecule has 0 radical (unpaired) electrons. The first-order valence-electron chi connectivity index (χ1n) is 10.5. The van der Waals surface area contributed by atoms with E-state index in [4.69, 9.17) is 9.40 Å². The molecule has 1 amide bonds. The minimum atomic E-state index is -0.0810. The second-order valence-electron chi connectivity index (χ2n) is 7.64. The lowest BCUT2D eigenvalue weighted by molar-refractivity contribution is 0.0702. The summed E-state index contributed by atoms with van der Waals surface area (Å²) < 4.78 is 5.94. The van der Waals surface area contributed by atoms with Gasteiger partial charge in [-0.1, -0.05) is 42.5 Å². The Morgan fingerprint density at radius 3 is 2.90 bits per heavy atom. The van der Waals surface area contributed by atoms with Gasteiger partial charge in [0.25, 0.3) is 5.91 Å². The van der Waals surface area contributed by atoms with Crippen LogP contribution in [0.15, 0.2) is 46.9 Å². The Morgan fingerprint density at radius 1 is 1.23 bits per heavy atom. The SMILES string of the molecule is CCc1nnc(Nc2cccc(C3CCCN3C(=O)c3oc4ccccc4c3C)n2)s1. The van der Waals surface area contributed by atoms with Crippen LogP contribution >= 0.6 is 11.3 Å². The van der Waals surface area contributed by atoms with Crippen LogP contribution in [-0.4, -0.2) is 32.5 Å². The fourth-order valence-corrected chi connectivity index (χ4v) is 4.78. The number of aryl methyl sites for hydroxylation is 2. The van der Waals surface area contributed by atoms with Crippen LogP contribution in [0.3, 0.4) is 0 Å². The van der Waals surface area contributed by atoms with Crippen molar-refractivity contribution in [3.8, 4) is 0 Å². The largest absolute Gasteiger partial charge is 0.451 e. The maximum absolute atomic E-state index is 13.4. The summed E-state index contributed by atoms with van der Waals surface area (Å²) in [5.41, 5.74) is 2.49. The summed E-state index contributed by atoms with van der Waals surface area (Å²) in [6, 6.07) is 13.5. The Hall–Kier alpha value is -3.26. The average Bonchev–Trinajstić information content (AvgIpc) is 3.53. The van der Waals surface area contributed by atoms with Crippen molar-refractivity contribution in [1.29, 1.82) is 0 Å². The molecule has 1 unspecified atom stereocenters. The van der Waals surface area contributed by atoms with E-state index in [2.05, 4.69) is 22.4 Å². The molecule has 0 aliphatic carbocycles. The number of carbonyl (C=O) groups excluding carboxylic acids is 1. The quantitative estimate of drug-likeness (QED) is 0.461. The highest BCUT2D eigenvalue weighted by atomic mass is 32.1. The van der Waals surface area contributed by atoms with E-state index in [9.17, 15) is 4.79 Å². The van der Waals surface area contributed by atoms with Crippen LogP contribution in [0.2, 0.25) is 0 Å². The second kappa shape index (κ2) is 8.11. The van der Waals surface area contributed by atoms with E-state index in [0.717, 1.165) is 51.6 Å². The number of nitrogens with zero attached hydrogens (tertiary/aromatic N) is 4. The number of hydrogen-bond donors (Lipinski definition) is 1. The minimum Gasteiger partial charge on any atom is -0.451 e. The first-order valence-corrected chi connectivity index (χ1v) is 11.3. The zero-order valence-electron chi connectivity index (χ0n) is 17.5. The Bertz CT molecular complexity index is 1250. The predicted octanol–water partition coefficient (Wildman–Crippen LogP) is 5.27. The Morgan fingerprint density at radius 2 is 2.10 bits per heavy atom. The second-order valence-corrected chi connectivity index (χ2v) is 8.70. The first kappa shape index (κ1) is 19.7. The number of benzene rings is 1. The van der Waals surface area contributed by atoms with E-state index < -0.39 is 0 Å². The van der Waals surface area contributed by atoms with Crippen molar-refractivity contribution in [2.24, 2.45) is 0 Å². The Kier molecular flexibility index (Phi) is 5.15. The van der Waals surface area contributed by atoms with Crippen molar-refractivity contribution < 1.29 is 9.21 Å². The molecule has 158 valence electrons. The van der Waals surface area contributed by atoms with Gasteiger partial charge in [0.15, 0.2) is 5.76 Å². The summed E-state index contributed by atoms with van der Waals surface area (Å²) in [5, 5.41) is 14.2. The fraction of sp³-hybridized carbons (Fsp3) is 0.304. The van der Waals surface area contributed by atoms with Crippen molar-refractivity contribution >= 4 is 39.2 Å². The van der Waals surface area contributed by atoms with Crippen LogP contribution in [0.4, 0.5) is 10.9 Å². The molecule has 1 saturated heterocycles. The molecule has 1 aromatic carbocycles. The normalized spacial score (nSPS) is 16.2. The molecule has 5 rings (SSSR count). The molecule has 31 heavy (non-hydrogen) atoms. The number of pyridine rings is 1. The molecule has 3 aromatic heterocycles. The lowest BCUT2D eigenvalue weighted by Crippen LogP contribution is -2.31. The molecular weight excluding hydrogens is 410 g/mol. The number of amides is 1. The molecule has 1 atom stereocenters. The van der Waals surface area contributed by atoms with Gasteiger partial charge < -0.3 is 14.6 Å². The molecule has 7 nitrogen and oxygen atoms in total. The van der Waals surface area contributed by atoms with Crippen LogP contribution in [-0.2, 0) is 6.42 Å². The van der Waals surface area contributed by atoms with Crippen molar-refractivity contribution in [2.75, 3.05) is 11.9 Å². The van der Waals surface area contributed by atoms with Gasteiger partial charge in [0.05, 0.1) is 11.7 Å². The Labute approximate surface area is 184 Å². The molecule has 0 saturated carbocycles. The van der Waals surface area contributed by atoms with Gasteiger partial charge in [-0.15, -0.1) is 10.2 Å². The maximum atomic E-state index is 13.4. The fourth-order valence-electron chi connectivity index (χ4n) is 4.09. The number of likely N-dealkylation sites (tertiary alicyclic amines) is 1. The van der Waals surface area contributed by atoms with E-state index in [1.165, 1.54) is 11.3 Å². The van der Waals surface area contributed by atoms with E-state index >= 15 is 0 Å². The summed E-state index contributed by atoms with van der Waals surface area (Å²) in [4.78, 5) is 20.1. The number of para-hydroxylation sites is 1. The number of aromatic nitrogens is 3. The molecule has 8 heteroatoms. The van der Waals surface area contributed by atoms with Gasteiger partial charge in [-0.25, -0.2) is 4.98 Å². The summed E-state index contributed by atoms with van der Waals surface area (Å²) in [6.45, 7) is 4.69. The average molecular weight is 434 g/mol. The lowest BCUT2D eigenvalue weighted by atomic mass is 10.1. The van der Waals surface area contributed by atoms with Crippen LogP contribution < -0.4 is 5.32 Å². The molecule has 1 aliphatic heterocycles. The minimum absolute atomic E-state index is 0.0759.